The van der Waals surface area contributed by atoms with E-state index in [0.717, 1.165) is 5.56 Å². The Bertz CT molecular complexity index is 1140. The zero-order chi connectivity index (χ0) is 21.2. The van der Waals surface area contributed by atoms with Gasteiger partial charge in [-0.2, -0.15) is 13.4 Å². The van der Waals surface area contributed by atoms with Gasteiger partial charge in [0.25, 0.3) is 0 Å². The molecule has 1 heterocycles. The monoisotopic (exact) mass is 415 g/mol. The minimum absolute atomic E-state index is 0.0149. The normalized spacial score (nSPS) is 11.3. The second-order valence-corrected chi connectivity index (χ2v) is 7.54. The van der Waals surface area contributed by atoms with Gasteiger partial charge < -0.3 is 11.5 Å². The van der Waals surface area contributed by atoms with Gasteiger partial charge in [-0.15, -0.1) is 0 Å². The predicted molar refractivity (Wildman–Crippen MR) is 113 cm³/mol. The molecule has 3 aromatic rings. The molecule has 0 spiro atoms. The van der Waals surface area contributed by atoms with Crippen LogP contribution >= 0.6 is 0 Å². The lowest BCUT2D eigenvalue weighted by Gasteiger charge is -2.21. The van der Waals surface area contributed by atoms with Crippen LogP contribution in [0.2, 0.25) is 0 Å². The molecule has 0 saturated heterocycles. The molecule has 0 aliphatic heterocycles. The number of hydrazine groups is 1. The van der Waals surface area contributed by atoms with Gasteiger partial charge in [0.2, 0.25) is 5.95 Å². The highest BCUT2D eigenvalue weighted by Crippen LogP contribution is 2.31. The van der Waals surface area contributed by atoms with E-state index in [9.17, 15) is 8.42 Å². The SMILES string of the molecule is Cc1ccc(CN(N)c2nc(N)nc(-c3ccccc3)c2N)cc1NS(=O)(=O)O. The summed E-state index contributed by atoms with van der Waals surface area (Å²) in [6.07, 6.45) is 0. The summed E-state index contributed by atoms with van der Waals surface area (Å²) in [5.41, 5.74) is 15.1. The van der Waals surface area contributed by atoms with E-state index in [1.54, 1.807) is 25.1 Å². The third-order valence-corrected chi connectivity index (χ3v) is 4.63. The zero-order valence-electron chi connectivity index (χ0n) is 15.6. The number of nitrogens with zero attached hydrogens (tertiary/aromatic N) is 3. The summed E-state index contributed by atoms with van der Waals surface area (Å²) in [5.74, 6) is 6.43. The van der Waals surface area contributed by atoms with E-state index in [2.05, 4.69) is 14.7 Å². The molecular formula is C18H21N7O3S. The predicted octanol–water partition coefficient (Wildman–Crippen LogP) is 1.71. The topological polar surface area (TPSA) is 173 Å². The van der Waals surface area contributed by atoms with Gasteiger partial charge in [-0.1, -0.05) is 42.5 Å². The van der Waals surface area contributed by atoms with Crippen molar-refractivity contribution in [3.05, 3.63) is 59.7 Å². The molecule has 2 aromatic carbocycles. The molecule has 0 unspecified atom stereocenters. The van der Waals surface area contributed by atoms with Gasteiger partial charge in [0.1, 0.15) is 11.4 Å². The second-order valence-electron chi connectivity index (χ2n) is 6.39. The van der Waals surface area contributed by atoms with Gasteiger partial charge in [0.15, 0.2) is 5.82 Å². The number of nitrogens with two attached hydrogens (primary N) is 3. The van der Waals surface area contributed by atoms with Crippen molar-refractivity contribution in [3.63, 3.8) is 0 Å². The number of aryl methyl sites for hydroxylation is 1. The maximum absolute atomic E-state index is 11.1. The van der Waals surface area contributed by atoms with E-state index in [-0.39, 0.29) is 29.7 Å². The average molecular weight is 415 g/mol. The Balaban J connectivity index is 1.93. The van der Waals surface area contributed by atoms with Crippen molar-refractivity contribution in [1.82, 2.24) is 9.97 Å². The first kappa shape index (κ1) is 20.3. The molecule has 10 nitrogen and oxygen atoms in total. The molecule has 8 N–H and O–H groups in total. The molecular weight excluding hydrogens is 394 g/mol. The van der Waals surface area contributed by atoms with E-state index in [4.69, 9.17) is 21.9 Å². The summed E-state index contributed by atoms with van der Waals surface area (Å²) in [6, 6.07) is 14.3. The quantitative estimate of drug-likeness (QED) is 0.228. The van der Waals surface area contributed by atoms with Crippen LogP contribution in [-0.4, -0.2) is 22.9 Å². The maximum atomic E-state index is 11.1. The van der Waals surface area contributed by atoms with Crippen LogP contribution in [0.4, 0.5) is 23.1 Å². The lowest BCUT2D eigenvalue weighted by Crippen LogP contribution is -2.32. The van der Waals surface area contributed by atoms with Crippen molar-refractivity contribution in [2.75, 3.05) is 21.2 Å². The molecule has 0 atom stereocenters. The lowest BCUT2D eigenvalue weighted by atomic mass is 10.1. The highest BCUT2D eigenvalue weighted by Gasteiger charge is 2.17. The summed E-state index contributed by atoms with van der Waals surface area (Å²) in [5, 5.41) is 1.29. The van der Waals surface area contributed by atoms with Crippen LogP contribution in [0.15, 0.2) is 48.5 Å². The van der Waals surface area contributed by atoms with Crippen molar-refractivity contribution in [3.8, 4) is 11.3 Å². The molecule has 0 bridgehead atoms. The largest absolute Gasteiger partial charge is 0.394 e. The number of nitrogen functional groups attached to an aromatic ring is 2. The second kappa shape index (κ2) is 7.91. The number of aromatic nitrogens is 2. The van der Waals surface area contributed by atoms with Crippen LogP contribution in [0.5, 0.6) is 0 Å². The van der Waals surface area contributed by atoms with Crippen molar-refractivity contribution in [1.29, 1.82) is 0 Å². The van der Waals surface area contributed by atoms with E-state index < -0.39 is 10.3 Å². The highest BCUT2D eigenvalue weighted by molar-refractivity contribution is 7.87. The van der Waals surface area contributed by atoms with Crippen LogP contribution in [0.25, 0.3) is 11.3 Å². The van der Waals surface area contributed by atoms with Crippen molar-refractivity contribution in [2.45, 2.75) is 13.5 Å². The lowest BCUT2D eigenvalue weighted by molar-refractivity contribution is 0.489. The first-order valence-corrected chi connectivity index (χ1v) is 9.93. The van der Waals surface area contributed by atoms with Crippen LogP contribution in [-0.2, 0) is 16.8 Å². The Labute approximate surface area is 168 Å². The molecule has 29 heavy (non-hydrogen) atoms. The first-order chi connectivity index (χ1) is 13.6. The Hall–Kier alpha value is -3.41. The molecule has 0 saturated carbocycles. The minimum atomic E-state index is -4.40. The van der Waals surface area contributed by atoms with Crippen LogP contribution < -0.4 is 27.0 Å². The van der Waals surface area contributed by atoms with Crippen molar-refractivity contribution >= 4 is 33.4 Å². The summed E-state index contributed by atoms with van der Waals surface area (Å²) in [4.78, 5) is 8.36. The smallest absolute Gasteiger partial charge is 0.357 e. The zero-order valence-corrected chi connectivity index (χ0v) is 16.4. The molecule has 11 heteroatoms. The Morgan fingerprint density at radius 1 is 1.10 bits per heavy atom. The molecule has 1 aromatic heterocycles. The fraction of sp³-hybridized carbons (Fsp3) is 0.111. The van der Waals surface area contributed by atoms with Gasteiger partial charge >= 0.3 is 10.3 Å². The average Bonchev–Trinajstić information content (AvgIpc) is 2.65. The van der Waals surface area contributed by atoms with Gasteiger partial charge in [0.05, 0.1) is 12.2 Å². The first-order valence-electron chi connectivity index (χ1n) is 8.49. The Morgan fingerprint density at radius 2 is 1.79 bits per heavy atom. The molecule has 0 aliphatic rings. The van der Waals surface area contributed by atoms with E-state index in [0.29, 0.717) is 16.8 Å². The molecule has 0 aliphatic carbocycles. The summed E-state index contributed by atoms with van der Waals surface area (Å²) in [6.45, 7) is 1.85. The van der Waals surface area contributed by atoms with Gasteiger partial charge in [-0.25, -0.2) is 10.8 Å². The van der Waals surface area contributed by atoms with E-state index in [1.807, 2.05) is 30.3 Å². The number of anilines is 4. The van der Waals surface area contributed by atoms with Gasteiger partial charge in [-0.05, 0) is 24.1 Å². The van der Waals surface area contributed by atoms with Crippen LogP contribution in [0.1, 0.15) is 11.1 Å². The fourth-order valence-electron chi connectivity index (χ4n) is 2.80. The van der Waals surface area contributed by atoms with Crippen molar-refractivity contribution < 1.29 is 13.0 Å². The Morgan fingerprint density at radius 3 is 2.45 bits per heavy atom. The number of benzene rings is 2. The fourth-order valence-corrected chi connectivity index (χ4v) is 3.30. The number of hydrogen-bond acceptors (Lipinski definition) is 8. The number of rotatable bonds is 6. The van der Waals surface area contributed by atoms with Gasteiger partial charge in [0, 0.05) is 5.56 Å². The molecule has 152 valence electrons. The standard InChI is InChI=1S/C18H21N7O3S/c1-11-7-8-12(9-14(11)24-29(26,27)28)10-25(21)17-15(19)16(22-18(20)23-17)13-5-3-2-4-6-13/h2-9,24H,10,19,21H2,1H3,(H2,20,22,23)(H,26,27,28). The molecule has 0 fully saturated rings. The maximum Gasteiger partial charge on any atom is 0.357 e. The van der Waals surface area contributed by atoms with Crippen LogP contribution in [0.3, 0.4) is 0 Å². The molecule has 3 rings (SSSR count). The van der Waals surface area contributed by atoms with Crippen LogP contribution in [0, 0.1) is 6.92 Å². The number of nitrogens with one attached hydrogen (secondary N) is 1. The highest BCUT2D eigenvalue weighted by atomic mass is 32.2. The Kier molecular flexibility index (Phi) is 5.55. The summed E-state index contributed by atoms with van der Waals surface area (Å²) < 4.78 is 33.3. The van der Waals surface area contributed by atoms with E-state index in [1.165, 1.54) is 5.01 Å². The van der Waals surface area contributed by atoms with E-state index >= 15 is 0 Å². The molecule has 0 radical (unpaired) electrons. The third-order valence-electron chi connectivity index (χ3n) is 4.16. The van der Waals surface area contributed by atoms with Gasteiger partial charge in [-0.3, -0.25) is 14.3 Å². The molecule has 0 amide bonds. The van der Waals surface area contributed by atoms with Crippen molar-refractivity contribution in [2.24, 2.45) is 5.84 Å². The third kappa shape index (κ3) is 4.90. The summed E-state index contributed by atoms with van der Waals surface area (Å²) in [7, 11) is -4.40. The number of hydrogen-bond donors (Lipinski definition) is 5. The summed E-state index contributed by atoms with van der Waals surface area (Å²) >= 11 is 0. The minimum Gasteiger partial charge on any atom is -0.394 e.